The molecule has 0 radical (unpaired) electrons. The molecule has 1 nitrogen and oxygen atoms in total. The van der Waals surface area contributed by atoms with Crippen molar-refractivity contribution in [3.63, 3.8) is 0 Å². The Balaban J connectivity index is 2.17. The van der Waals surface area contributed by atoms with E-state index in [1.807, 2.05) is 18.3 Å². The Morgan fingerprint density at radius 3 is 2.15 bits per heavy atom. The Morgan fingerprint density at radius 2 is 1.45 bits per heavy atom. The number of rotatable bonds is 2. The fourth-order valence-corrected chi connectivity index (χ4v) is 2.39. The lowest BCUT2D eigenvalue weighted by atomic mass is 9.95. The summed E-state index contributed by atoms with van der Waals surface area (Å²) in [5.41, 5.74) is 7.31. The van der Waals surface area contributed by atoms with E-state index in [0.717, 1.165) is 5.69 Å². The minimum absolute atomic E-state index is 1.02. The Bertz CT molecular complexity index is 730. The van der Waals surface area contributed by atoms with Crippen LogP contribution in [0.5, 0.6) is 0 Å². The number of benzene rings is 2. The predicted molar refractivity (Wildman–Crippen MR) is 84.6 cm³/mol. The maximum Gasteiger partial charge on any atom is 0.0708 e. The van der Waals surface area contributed by atoms with Gasteiger partial charge >= 0.3 is 0 Å². The normalized spacial score (nSPS) is 10.5. The standard InChI is InChI=1S/C19H17N/c1-14-10-11-16(13-15(14)2)17-7-3-4-8-18(17)19-9-5-6-12-20-19/h3-13H,1-2H3. The molecule has 0 amide bonds. The van der Waals surface area contributed by atoms with E-state index in [1.165, 1.54) is 27.8 Å². The monoisotopic (exact) mass is 259 g/mol. The first kappa shape index (κ1) is 12.6. The van der Waals surface area contributed by atoms with Crippen LogP contribution in [0.2, 0.25) is 0 Å². The number of hydrogen-bond donors (Lipinski definition) is 0. The van der Waals surface area contributed by atoms with Gasteiger partial charge in [-0.3, -0.25) is 4.98 Å². The second-order valence-electron chi connectivity index (χ2n) is 5.06. The molecule has 0 aliphatic carbocycles. The van der Waals surface area contributed by atoms with Crippen molar-refractivity contribution in [3.8, 4) is 22.4 Å². The molecule has 0 spiro atoms. The van der Waals surface area contributed by atoms with Crippen LogP contribution in [0.4, 0.5) is 0 Å². The molecule has 0 saturated carbocycles. The zero-order valence-electron chi connectivity index (χ0n) is 11.8. The van der Waals surface area contributed by atoms with Crippen LogP contribution in [0, 0.1) is 13.8 Å². The van der Waals surface area contributed by atoms with Crippen molar-refractivity contribution in [2.24, 2.45) is 0 Å². The van der Waals surface area contributed by atoms with E-state index < -0.39 is 0 Å². The van der Waals surface area contributed by atoms with Crippen molar-refractivity contribution in [2.45, 2.75) is 13.8 Å². The molecule has 0 atom stereocenters. The summed E-state index contributed by atoms with van der Waals surface area (Å²) in [4.78, 5) is 4.48. The van der Waals surface area contributed by atoms with Gasteiger partial charge in [-0.2, -0.15) is 0 Å². The van der Waals surface area contributed by atoms with Gasteiger partial charge in [0.05, 0.1) is 5.69 Å². The van der Waals surface area contributed by atoms with Crippen LogP contribution in [0.15, 0.2) is 66.9 Å². The molecule has 3 rings (SSSR count). The Morgan fingerprint density at radius 1 is 0.700 bits per heavy atom. The lowest BCUT2D eigenvalue weighted by Crippen LogP contribution is -1.89. The molecule has 0 aliphatic heterocycles. The van der Waals surface area contributed by atoms with Gasteiger partial charge in [0.1, 0.15) is 0 Å². The predicted octanol–water partition coefficient (Wildman–Crippen LogP) is 5.03. The molecule has 20 heavy (non-hydrogen) atoms. The lowest BCUT2D eigenvalue weighted by molar-refractivity contribution is 1.32. The van der Waals surface area contributed by atoms with E-state index in [4.69, 9.17) is 0 Å². The molecule has 2 aromatic carbocycles. The first-order valence-electron chi connectivity index (χ1n) is 6.84. The van der Waals surface area contributed by atoms with Gasteiger partial charge in [-0.15, -0.1) is 0 Å². The molecule has 1 heteroatoms. The van der Waals surface area contributed by atoms with Gasteiger partial charge < -0.3 is 0 Å². The first-order valence-corrected chi connectivity index (χ1v) is 6.84. The van der Waals surface area contributed by atoms with Gasteiger partial charge in [0.2, 0.25) is 0 Å². The van der Waals surface area contributed by atoms with Crippen LogP contribution in [-0.4, -0.2) is 4.98 Å². The number of aromatic nitrogens is 1. The van der Waals surface area contributed by atoms with Crippen molar-refractivity contribution in [2.75, 3.05) is 0 Å². The summed E-state index contributed by atoms with van der Waals surface area (Å²) in [6.45, 7) is 4.30. The molecule has 0 saturated heterocycles. The number of hydrogen-bond acceptors (Lipinski definition) is 1. The topological polar surface area (TPSA) is 12.9 Å². The number of pyridine rings is 1. The molecule has 0 bridgehead atoms. The summed E-state index contributed by atoms with van der Waals surface area (Å²) in [5, 5.41) is 0. The third-order valence-corrected chi connectivity index (χ3v) is 3.69. The molecule has 0 aliphatic rings. The van der Waals surface area contributed by atoms with Crippen molar-refractivity contribution in [3.05, 3.63) is 78.0 Å². The van der Waals surface area contributed by atoms with Gasteiger partial charge in [-0.1, -0.05) is 48.5 Å². The minimum Gasteiger partial charge on any atom is -0.256 e. The molecular formula is C19H17N. The maximum absolute atomic E-state index is 4.48. The summed E-state index contributed by atoms with van der Waals surface area (Å²) in [6.07, 6.45) is 1.84. The van der Waals surface area contributed by atoms with Crippen molar-refractivity contribution >= 4 is 0 Å². The SMILES string of the molecule is Cc1ccc(-c2ccccc2-c2ccccn2)cc1C. The second kappa shape index (κ2) is 5.30. The molecule has 98 valence electrons. The van der Waals surface area contributed by atoms with E-state index in [2.05, 4.69) is 67.4 Å². The molecule has 1 aromatic heterocycles. The molecule has 0 unspecified atom stereocenters. The summed E-state index contributed by atoms with van der Waals surface area (Å²) in [5.74, 6) is 0. The molecular weight excluding hydrogens is 242 g/mol. The van der Waals surface area contributed by atoms with Gasteiger partial charge in [-0.05, 0) is 48.2 Å². The average molecular weight is 259 g/mol. The van der Waals surface area contributed by atoms with Crippen LogP contribution < -0.4 is 0 Å². The summed E-state index contributed by atoms with van der Waals surface area (Å²) in [7, 11) is 0. The zero-order valence-corrected chi connectivity index (χ0v) is 11.8. The van der Waals surface area contributed by atoms with E-state index >= 15 is 0 Å². The number of aryl methyl sites for hydroxylation is 2. The average Bonchev–Trinajstić information content (AvgIpc) is 2.51. The molecule has 0 N–H and O–H groups in total. The van der Waals surface area contributed by atoms with Crippen LogP contribution in [0.3, 0.4) is 0 Å². The minimum atomic E-state index is 1.02. The Hall–Kier alpha value is -2.41. The molecule has 0 fully saturated rings. The van der Waals surface area contributed by atoms with Crippen LogP contribution in [0.25, 0.3) is 22.4 Å². The lowest BCUT2D eigenvalue weighted by Gasteiger charge is -2.11. The van der Waals surface area contributed by atoms with Gasteiger partial charge in [-0.25, -0.2) is 0 Å². The second-order valence-corrected chi connectivity index (χ2v) is 5.06. The maximum atomic E-state index is 4.48. The van der Waals surface area contributed by atoms with E-state index in [9.17, 15) is 0 Å². The van der Waals surface area contributed by atoms with Gasteiger partial charge in [0, 0.05) is 11.8 Å². The van der Waals surface area contributed by atoms with Crippen LogP contribution >= 0.6 is 0 Å². The molecule has 3 aromatic rings. The highest BCUT2D eigenvalue weighted by Crippen LogP contribution is 2.31. The summed E-state index contributed by atoms with van der Waals surface area (Å²) < 4.78 is 0. The van der Waals surface area contributed by atoms with E-state index in [0.29, 0.717) is 0 Å². The highest BCUT2D eigenvalue weighted by Gasteiger charge is 2.08. The van der Waals surface area contributed by atoms with E-state index in [1.54, 1.807) is 0 Å². The summed E-state index contributed by atoms with van der Waals surface area (Å²) >= 11 is 0. The first-order chi connectivity index (χ1) is 9.75. The smallest absolute Gasteiger partial charge is 0.0708 e. The van der Waals surface area contributed by atoms with Crippen LogP contribution in [0.1, 0.15) is 11.1 Å². The fourth-order valence-electron chi connectivity index (χ4n) is 2.39. The largest absolute Gasteiger partial charge is 0.256 e. The Labute approximate surface area is 119 Å². The van der Waals surface area contributed by atoms with Crippen molar-refractivity contribution in [1.82, 2.24) is 4.98 Å². The highest BCUT2D eigenvalue weighted by molar-refractivity contribution is 5.82. The van der Waals surface area contributed by atoms with Crippen LogP contribution in [-0.2, 0) is 0 Å². The third-order valence-electron chi connectivity index (χ3n) is 3.69. The fraction of sp³-hybridized carbons (Fsp3) is 0.105. The van der Waals surface area contributed by atoms with E-state index in [-0.39, 0.29) is 0 Å². The van der Waals surface area contributed by atoms with Crippen molar-refractivity contribution < 1.29 is 0 Å². The quantitative estimate of drug-likeness (QED) is 0.628. The van der Waals surface area contributed by atoms with Gasteiger partial charge in [0.15, 0.2) is 0 Å². The Kier molecular flexibility index (Phi) is 3.34. The molecule has 1 heterocycles. The third kappa shape index (κ3) is 2.35. The zero-order chi connectivity index (χ0) is 13.9. The van der Waals surface area contributed by atoms with Crippen molar-refractivity contribution in [1.29, 1.82) is 0 Å². The number of nitrogens with zero attached hydrogens (tertiary/aromatic N) is 1. The van der Waals surface area contributed by atoms with Gasteiger partial charge in [0.25, 0.3) is 0 Å². The summed E-state index contributed by atoms with van der Waals surface area (Å²) in [6, 6.07) is 21.1. The highest BCUT2D eigenvalue weighted by atomic mass is 14.7.